The molecule has 0 bridgehead atoms. The molecule has 0 aliphatic carbocycles. The van der Waals surface area contributed by atoms with E-state index in [2.05, 4.69) is 193 Å². The number of rotatable bonds is 6. The molecule has 0 aliphatic rings. The number of benzene rings is 9. The Labute approximate surface area is 302 Å². The predicted molar refractivity (Wildman–Crippen MR) is 220 cm³/mol. The summed E-state index contributed by atoms with van der Waals surface area (Å²) in [5.41, 5.74) is 12.2. The minimum Gasteiger partial charge on any atom is -0.455 e. The Kier molecular flexibility index (Phi) is 7.18. The van der Waals surface area contributed by atoms with Gasteiger partial charge in [-0.3, -0.25) is 0 Å². The van der Waals surface area contributed by atoms with Gasteiger partial charge in [0.2, 0.25) is 0 Å². The molecule has 244 valence electrons. The second kappa shape index (κ2) is 12.5. The molecule has 10 rings (SSSR count). The van der Waals surface area contributed by atoms with Crippen LogP contribution in [0.1, 0.15) is 0 Å². The van der Waals surface area contributed by atoms with Crippen molar-refractivity contribution >= 4 is 60.5 Å². The van der Waals surface area contributed by atoms with E-state index in [1.54, 1.807) is 0 Å². The molecule has 0 saturated heterocycles. The summed E-state index contributed by atoms with van der Waals surface area (Å²) in [7, 11) is 0. The van der Waals surface area contributed by atoms with Gasteiger partial charge in [-0.05, 0) is 92.5 Å². The Morgan fingerprint density at radius 2 is 0.885 bits per heavy atom. The number of anilines is 3. The van der Waals surface area contributed by atoms with Crippen molar-refractivity contribution in [2.45, 2.75) is 0 Å². The normalized spacial score (nSPS) is 11.5. The first-order chi connectivity index (χ1) is 25.8. The first-order valence-electron chi connectivity index (χ1n) is 17.8. The SMILES string of the molecule is c1ccc(-c2ccc(N(c3ccc(-c4ccc5ccccc5c4)cc3)c3ccccc3-c3cccc4c3ccc3c5ccccc5oc43)cc2)cc1. The molecule has 52 heavy (non-hydrogen) atoms. The van der Waals surface area contributed by atoms with Gasteiger partial charge < -0.3 is 9.32 Å². The maximum Gasteiger partial charge on any atom is 0.143 e. The van der Waals surface area contributed by atoms with E-state index in [1.807, 2.05) is 12.1 Å². The van der Waals surface area contributed by atoms with Crippen molar-refractivity contribution in [3.8, 4) is 33.4 Å². The Bertz CT molecular complexity index is 2890. The maximum absolute atomic E-state index is 6.48. The van der Waals surface area contributed by atoms with Gasteiger partial charge in [0.05, 0.1) is 5.69 Å². The van der Waals surface area contributed by atoms with Crippen molar-refractivity contribution in [2.75, 3.05) is 4.90 Å². The van der Waals surface area contributed by atoms with Crippen molar-refractivity contribution in [3.63, 3.8) is 0 Å². The zero-order valence-corrected chi connectivity index (χ0v) is 28.4. The van der Waals surface area contributed by atoms with Crippen LogP contribution in [-0.2, 0) is 0 Å². The van der Waals surface area contributed by atoms with E-state index in [1.165, 1.54) is 33.0 Å². The Morgan fingerprint density at radius 3 is 1.69 bits per heavy atom. The third kappa shape index (κ3) is 5.12. The van der Waals surface area contributed by atoms with Gasteiger partial charge in [0.15, 0.2) is 0 Å². The highest BCUT2D eigenvalue weighted by atomic mass is 16.3. The fourth-order valence-corrected chi connectivity index (χ4v) is 7.70. The van der Waals surface area contributed by atoms with Gasteiger partial charge in [0, 0.05) is 33.1 Å². The molecule has 0 radical (unpaired) electrons. The summed E-state index contributed by atoms with van der Waals surface area (Å²) in [5.74, 6) is 0. The molecular weight excluding hydrogens is 631 g/mol. The van der Waals surface area contributed by atoms with Crippen molar-refractivity contribution in [1.29, 1.82) is 0 Å². The van der Waals surface area contributed by atoms with Crippen LogP contribution in [0.15, 0.2) is 205 Å². The molecule has 1 aromatic heterocycles. The van der Waals surface area contributed by atoms with E-state index in [9.17, 15) is 0 Å². The molecule has 1 heterocycles. The highest BCUT2D eigenvalue weighted by molar-refractivity contribution is 6.17. The maximum atomic E-state index is 6.48. The van der Waals surface area contributed by atoms with Crippen molar-refractivity contribution < 1.29 is 4.42 Å². The van der Waals surface area contributed by atoms with Crippen molar-refractivity contribution in [2.24, 2.45) is 0 Å². The van der Waals surface area contributed by atoms with Crippen LogP contribution in [0.5, 0.6) is 0 Å². The third-order valence-electron chi connectivity index (χ3n) is 10.3. The average molecular weight is 664 g/mol. The minimum absolute atomic E-state index is 0.910. The first-order valence-corrected chi connectivity index (χ1v) is 17.8. The number of para-hydroxylation sites is 2. The van der Waals surface area contributed by atoms with Gasteiger partial charge in [0.25, 0.3) is 0 Å². The van der Waals surface area contributed by atoms with Gasteiger partial charge in [-0.1, -0.05) is 152 Å². The summed E-state index contributed by atoms with van der Waals surface area (Å²) in [6, 6.07) is 71.7. The molecule has 0 spiro atoms. The molecule has 0 saturated carbocycles. The van der Waals surface area contributed by atoms with Crippen molar-refractivity contribution in [1.82, 2.24) is 0 Å². The van der Waals surface area contributed by atoms with Crippen LogP contribution in [0.2, 0.25) is 0 Å². The Balaban J connectivity index is 1.13. The van der Waals surface area contributed by atoms with Crippen LogP contribution in [0.3, 0.4) is 0 Å². The molecule has 0 N–H and O–H groups in total. The topological polar surface area (TPSA) is 16.4 Å². The van der Waals surface area contributed by atoms with Gasteiger partial charge in [-0.15, -0.1) is 0 Å². The summed E-state index contributed by atoms with van der Waals surface area (Å²) >= 11 is 0. The second-order valence-electron chi connectivity index (χ2n) is 13.3. The van der Waals surface area contributed by atoms with E-state index >= 15 is 0 Å². The Hall–Kier alpha value is -6.90. The fourth-order valence-electron chi connectivity index (χ4n) is 7.70. The van der Waals surface area contributed by atoms with E-state index < -0.39 is 0 Å². The van der Waals surface area contributed by atoms with Gasteiger partial charge in [0.1, 0.15) is 11.2 Å². The summed E-state index contributed by atoms with van der Waals surface area (Å²) in [4.78, 5) is 2.38. The molecule has 0 atom stereocenters. The molecule has 0 unspecified atom stereocenters. The van der Waals surface area contributed by atoms with Gasteiger partial charge in [-0.2, -0.15) is 0 Å². The number of nitrogens with zero attached hydrogens (tertiary/aromatic N) is 1. The smallest absolute Gasteiger partial charge is 0.143 e. The standard InChI is InChI=1S/C50H33NO/c1-2-11-34(12-3-1)36-23-27-40(28-24-36)51(41-29-25-37(26-30-41)39-22-21-35-13-4-5-14-38(35)33-39)48-19-8-6-15-44(48)42-17-10-18-46-43(42)31-32-47-45-16-7-9-20-49(45)52-50(46)47/h1-33H. The molecule has 0 aliphatic heterocycles. The van der Waals surface area contributed by atoms with Crippen LogP contribution in [-0.4, -0.2) is 0 Å². The number of furan rings is 1. The summed E-state index contributed by atoms with van der Waals surface area (Å²) in [5, 5.41) is 7.04. The lowest BCUT2D eigenvalue weighted by atomic mass is 9.94. The summed E-state index contributed by atoms with van der Waals surface area (Å²) < 4.78 is 6.48. The molecule has 10 aromatic rings. The van der Waals surface area contributed by atoms with E-state index in [-0.39, 0.29) is 0 Å². The minimum atomic E-state index is 0.910. The van der Waals surface area contributed by atoms with Crippen LogP contribution >= 0.6 is 0 Å². The average Bonchev–Trinajstić information content (AvgIpc) is 3.61. The zero-order chi connectivity index (χ0) is 34.4. The lowest BCUT2D eigenvalue weighted by molar-refractivity contribution is 0.672. The fraction of sp³-hybridized carbons (Fsp3) is 0. The number of hydrogen-bond acceptors (Lipinski definition) is 2. The first kappa shape index (κ1) is 30.0. The number of hydrogen-bond donors (Lipinski definition) is 0. The van der Waals surface area contributed by atoms with Crippen LogP contribution in [0, 0.1) is 0 Å². The lowest BCUT2D eigenvalue weighted by Gasteiger charge is -2.28. The van der Waals surface area contributed by atoms with E-state index in [0.717, 1.165) is 60.9 Å². The molecule has 2 nitrogen and oxygen atoms in total. The largest absolute Gasteiger partial charge is 0.455 e. The van der Waals surface area contributed by atoms with Crippen molar-refractivity contribution in [3.05, 3.63) is 200 Å². The third-order valence-corrected chi connectivity index (χ3v) is 10.3. The van der Waals surface area contributed by atoms with Gasteiger partial charge in [-0.25, -0.2) is 0 Å². The lowest BCUT2D eigenvalue weighted by Crippen LogP contribution is -2.11. The molecule has 0 amide bonds. The molecule has 0 fully saturated rings. The van der Waals surface area contributed by atoms with Crippen LogP contribution in [0.25, 0.3) is 76.9 Å². The number of fused-ring (bicyclic) bond motifs is 6. The second-order valence-corrected chi connectivity index (χ2v) is 13.3. The van der Waals surface area contributed by atoms with Gasteiger partial charge >= 0.3 is 0 Å². The highest BCUT2D eigenvalue weighted by Crippen LogP contribution is 2.45. The Morgan fingerprint density at radius 1 is 0.327 bits per heavy atom. The quantitative estimate of drug-likeness (QED) is 0.176. The monoisotopic (exact) mass is 663 g/mol. The highest BCUT2D eigenvalue weighted by Gasteiger charge is 2.20. The molecular formula is C50H33NO. The summed E-state index contributed by atoms with van der Waals surface area (Å²) in [6.45, 7) is 0. The predicted octanol–water partition coefficient (Wildman–Crippen LogP) is 14.4. The zero-order valence-electron chi connectivity index (χ0n) is 28.4. The molecule has 9 aromatic carbocycles. The van der Waals surface area contributed by atoms with Crippen LogP contribution in [0.4, 0.5) is 17.1 Å². The van der Waals surface area contributed by atoms with E-state index in [0.29, 0.717) is 0 Å². The van der Waals surface area contributed by atoms with E-state index in [4.69, 9.17) is 4.42 Å². The van der Waals surface area contributed by atoms with Crippen LogP contribution < -0.4 is 4.90 Å². The molecule has 2 heteroatoms. The summed E-state index contributed by atoms with van der Waals surface area (Å²) in [6.07, 6.45) is 0.